The maximum atomic E-state index is 12.2. The van der Waals surface area contributed by atoms with Gasteiger partial charge in [-0.05, 0) is 31.1 Å². The monoisotopic (exact) mass is 298 g/mol. The lowest BCUT2D eigenvalue weighted by atomic mass is 9.94. The van der Waals surface area contributed by atoms with Crippen LogP contribution < -0.4 is 5.32 Å². The van der Waals surface area contributed by atoms with E-state index in [1.165, 1.54) is 0 Å². The Labute approximate surface area is 125 Å². The Morgan fingerprint density at radius 2 is 1.90 bits per heavy atom. The summed E-state index contributed by atoms with van der Waals surface area (Å²) in [4.78, 5) is 24.9. The van der Waals surface area contributed by atoms with Crippen LogP contribution in [0, 0.1) is 11.8 Å². The molecule has 0 spiro atoms. The van der Waals surface area contributed by atoms with E-state index >= 15 is 0 Å². The predicted octanol–water partition coefficient (Wildman–Crippen LogP) is 1.70. The molecule has 6 nitrogen and oxygen atoms in total. The average molecular weight is 298 g/mol. The average Bonchev–Trinajstić information content (AvgIpc) is 2.73. The molecule has 3 unspecified atom stereocenters. The molecule has 2 aliphatic rings. The summed E-state index contributed by atoms with van der Waals surface area (Å²) in [7, 11) is 0. The zero-order valence-electron chi connectivity index (χ0n) is 12.9. The van der Waals surface area contributed by atoms with Crippen molar-refractivity contribution in [3.05, 3.63) is 0 Å². The molecule has 2 saturated heterocycles. The second-order valence-corrected chi connectivity index (χ2v) is 6.64. The standard InChI is InChI=1S/C15H26N2O4/c1-10(2)5-11(6-14(18)19)7-16-15(20)17-8-12-3-4-13(9-17)21-12/h10-13H,3-9H2,1-2H3,(H,16,20)(H,18,19). The molecule has 0 radical (unpaired) electrons. The number of urea groups is 1. The number of carbonyl (C=O) groups excluding carboxylic acids is 1. The minimum Gasteiger partial charge on any atom is -0.481 e. The molecule has 2 rings (SSSR count). The number of amides is 2. The zero-order valence-corrected chi connectivity index (χ0v) is 12.9. The maximum Gasteiger partial charge on any atom is 0.317 e. The predicted molar refractivity (Wildman–Crippen MR) is 78.1 cm³/mol. The molecule has 2 aliphatic heterocycles. The van der Waals surface area contributed by atoms with Gasteiger partial charge in [0.1, 0.15) is 0 Å². The summed E-state index contributed by atoms with van der Waals surface area (Å²) in [6.07, 6.45) is 3.33. The van der Waals surface area contributed by atoms with E-state index in [0.29, 0.717) is 25.6 Å². The van der Waals surface area contributed by atoms with Crippen molar-refractivity contribution in [3.63, 3.8) is 0 Å². The fourth-order valence-electron chi connectivity index (χ4n) is 3.28. The molecule has 0 aromatic carbocycles. The van der Waals surface area contributed by atoms with Crippen LogP contribution in [0.4, 0.5) is 4.79 Å². The van der Waals surface area contributed by atoms with E-state index in [4.69, 9.17) is 9.84 Å². The third kappa shape index (κ3) is 4.88. The summed E-state index contributed by atoms with van der Waals surface area (Å²) < 4.78 is 5.71. The zero-order chi connectivity index (χ0) is 15.4. The van der Waals surface area contributed by atoms with Crippen LogP contribution in [0.3, 0.4) is 0 Å². The van der Waals surface area contributed by atoms with Crippen LogP contribution in [0.1, 0.15) is 39.5 Å². The number of hydrogen-bond donors (Lipinski definition) is 2. The first-order valence-corrected chi connectivity index (χ1v) is 7.84. The number of aliphatic carboxylic acids is 1. The van der Waals surface area contributed by atoms with Gasteiger partial charge in [-0.2, -0.15) is 0 Å². The normalized spacial score (nSPS) is 26.0. The highest BCUT2D eigenvalue weighted by atomic mass is 16.5. The molecule has 0 aromatic rings. The smallest absolute Gasteiger partial charge is 0.317 e. The van der Waals surface area contributed by atoms with Gasteiger partial charge in [0, 0.05) is 26.1 Å². The Hall–Kier alpha value is -1.30. The Balaban J connectivity index is 1.79. The number of morpholine rings is 1. The van der Waals surface area contributed by atoms with Gasteiger partial charge in [-0.15, -0.1) is 0 Å². The largest absolute Gasteiger partial charge is 0.481 e. The lowest BCUT2D eigenvalue weighted by Gasteiger charge is -2.32. The molecule has 0 aliphatic carbocycles. The first kappa shape index (κ1) is 16.1. The number of nitrogens with zero attached hydrogens (tertiary/aromatic N) is 1. The summed E-state index contributed by atoms with van der Waals surface area (Å²) in [6, 6.07) is -0.0886. The number of hydrogen-bond acceptors (Lipinski definition) is 3. The van der Waals surface area contributed by atoms with Crippen molar-refractivity contribution in [2.45, 2.75) is 51.7 Å². The molecule has 0 aromatic heterocycles. The third-order valence-corrected chi connectivity index (χ3v) is 4.14. The van der Waals surface area contributed by atoms with Crippen molar-refractivity contribution >= 4 is 12.0 Å². The Kier molecular flexibility index (Phi) is 5.45. The van der Waals surface area contributed by atoms with Crippen molar-refractivity contribution in [2.24, 2.45) is 11.8 Å². The van der Waals surface area contributed by atoms with E-state index in [0.717, 1.165) is 19.3 Å². The molecule has 2 fully saturated rings. The third-order valence-electron chi connectivity index (χ3n) is 4.14. The number of carboxylic acids is 1. The van der Waals surface area contributed by atoms with Gasteiger partial charge in [-0.25, -0.2) is 4.79 Å². The molecule has 0 saturated carbocycles. The Bertz CT molecular complexity index is 374. The van der Waals surface area contributed by atoms with Crippen LogP contribution >= 0.6 is 0 Å². The number of ether oxygens (including phenoxy) is 1. The summed E-state index contributed by atoms with van der Waals surface area (Å²) in [6.45, 7) is 5.86. The summed E-state index contributed by atoms with van der Waals surface area (Å²) in [5, 5.41) is 11.8. The minimum absolute atomic E-state index is 0.00999. The molecule has 120 valence electrons. The molecular weight excluding hydrogens is 272 g/mol. The number of fused-ring (bicyclic) bond motifs is 2. The highest BCUT2D eigenvalue weighted by Gasteiger charge is 2.35. The van der Waals surface area contributed by atoms with E-state index in [9.17, 15) is 9.59 Å². The van der Waals surface area contributed by atoms with Gasteiger partial charge in [-0.1, -0.05) is 13.8 Å². The van der Waals surface area contributed by atoms with Crippen molar-refractivity contribution < 1.29 is 19.4 Å². The van der Waals surface area contributed by atoms with Gasteiger partial charge in [0.25, 0.3) is 0 Å². The molecule has 6 heteroatoms. The van der Waals surface area contributed by atoms with Crippen LogP contribution in [0.25, 0.3) is 0 Å². The van der Waals surface area contributed by atoms with E-state index < -0.39 is 5.97 Å². The van der Waals surface area contributed by atoms with E-state index in [2.05, 4.69) is 19.2 Å². The molecule has 21 heavy (non-hydrogen) atoms. The second kappa shape index (κ2) is 7.11. The van der Waals surface area contributed by atoms with Gasteiger partial charge in [0.2, 0.25) is 0 Å². The molecule has 2 N–H and O–H groups in total. The topological polar surface area (TPSA) is 78.9 Å². The lowest BCUT2D eigenvalue weighted by Crippen LogP contribution is -2.50. The highest BCUT2D eigenvalue weighted by molar-refractivity contribution is 5.74. The van der Waals surface area contributed by atoms with Crippen molar-refractivity contribution in [1.29, 1.82) is 0 Å². The van der Waals surface area contributed by atoms with Gasteiger partial charge in [0.05, 0.1) is 12.2 Å². The molecule has 3 atom stereocenters. The quantitative estimate of drug-likeness (QED) is 0.782. The number of nitrogens with one attached hydrogen (secondary N) is 1. The lowest BCUT2D eigenvalue weighted by molar-refractivity contribution is -0.138. The van der Waals surface area contributed by atoms with Crippen LogP contribution in [0.2, 0.25) is 0 Å². The van der Waals surface area contributed by atoms with Crippen LogP contribution in [-0.4, -0.2) is 53.8 Å². The van der Waals surface area contributed by atoms with Crippen LogP contribution in [0.15, 0.2) is 0 Å². The first-order chi connectivity index (χ1) is 9.94. The van der Waals surface area contributed by atoms with Crippen molar-refractivity contribution in [1.82, 2.24) is 10.2 Å². The second-order valence-electron chi connectivity index (χ2n) is 6.64. The number of likely N-dealkylation sites (tertiary alicyclic amines) is 1. The van der Waals surface area contributed by atoms with Gasteiger partial charge in [0.15, 0.2) is 0 Å². The van der Waals surface area contributed by atoms with E-state index in [-0.39, 0.29) is 30.6 Å². The Morgan fingerprint density at radius 1 is 1.29 bits per heavy atom. The molecular formula is C15H26N2O4. The highest BCUT2D eigenvalue weighted by Crippen LogP contribution is 2.26. The van der Waals surface area contributed by atoms with E-state index in [1.54, 1.807) is 4.90 Å². The fraction of sp³-hybridized carbons (Fsp3) is 0.867. The van der Waals surface area contributed by atoms with Crippen molar-refractivity contribution in [2.75, 3.05) is 19.6 Å². The molecule has 2 heterocycles. The Morgan fingerprint density at radius 3 is 2.43 bits per heavy atom. The minimum atomic E-state index is -0.806. The molecule has 2 bridgehead atoms. The number of carboxylic acid groups (broad SMARTS) is 1. The van der Waals surface area contributed by atoms with Gasteiger partial charge in [-0.3, -0.25) is 4.79 Å². The van der Waals surface area contributed by atoms with Crippen LogP contribution in [-0.2, 0) is 9.53 Å². The fourth-order valence-corrected chi connectivity index (χ4v) is 3.28. The SMILES string of the molecule is CC(C)CC(CNC(=O)N1CC2CCC(C1)O2)CC(=O)O. The maximum absolute atomic E-state index is 12.2. The van der Waals surface area contributed by atoms with Crippen molar-refractivity contribution in [3.8, 4) is 0 Å². The summed E-state index contributed by atoms with van der Waals surface area (Å²) in [5.41, 5.74) is 0. The summed E-state index contributed by atoms with van der Waals surface area (Å²) in [5.74, 6) is -0.394. The van der Waals surface area contributed by atoms with Gasteiger partial charge >= 0.3 is 12.0 Å². The molecule has 2 amide bonds. The summed E-state index contributed by atoms with van der Waals surface area (Å²) >= 11 is 0. The van der Waals surface area contributed by atoms with E-state index in [1.807, 2.05) is 0 Å². The van der Waals surface area contributed by atoms with Gasteiger partial charge < -0.3 is 20.1 Å². The first-order valence-electron chi connectivity index (χ1n) is 7.84. The van der Waals surface area contributed by atoms with Crippen LogP contribution in [0.5, 0.6) is 0 Å². The number of rotatable bonds is 6. The number of carbonyl (C=O) groups is 2.